The second kappa shape index (κ2) is 9.56. The lowest BCUT2D eigenvalue weighted by Gasteiger charge is -2.19. The van der Waals surface area contributed by atoms with Gasteiger partial charge in [-0.3, -0.25) is 20.4 Å². The topological polar surface area (TPSA) is 104 Å². The molecule has 6 nitrogen and oxygen atoms in total. The van der Waals surface area contributed by atoms with Crippen molar-refractivity contribution < 1.29 is 14.7 Å². The van der Waals surface area contributed by atoms with Crippen LogP contribution in [0, 0.1) is 0 Å². The van der Waals surface area contributed by atoms with Gasteiger partial charge in [0.15, 0.2) is 0 Å². The molecule has 2 rings (SSSR count). The van der Waals surface area contributed by atoms with Crippen LogP contribution in [0.3, 0.4) is 0 Å². The fourth-order valence-corrected chi connectivity index (χ4v) is 3.27. The van der Waals surface area contributed by atoms with E-state index in [9.17, 15) is 14.7 Å². The number of hydrogen-bond donors (Lipinski definition) is 4. The van der Waals surface area contributed by atoms with Gasteiger partial charge in [-0.05, 0) is 40.3 Å². The number of aliphatic hydroxyl groups is 1. The molecule has 0 saturated heterocycles. The smallest absolute Gasteiger partial charge is 0.269 e. The molecule has 0 aromatic heterocycles. The second-order valence-electron chi connectivity index (χ2n) is 6.32. The first-order valence-corrected chi connectivity index (χ1v) is 9.57. The van der Waals surface area contributed by atoms with Crippen LogP contribution in [0.25, 0.3) is 10.8 Å². The Labute approximate surface area is 157 Å². The summed E-state index contributed by atoms with van der Waals surface area (Å²) >= 11 is 1.71. The summed E-state index contributed by atoms with van der Waals surface area (Å²) in [7, 11) is 0. The molecule has 0 aliphatic rings. The van der Waals surface area contributed by atoms with Crippen LogP contribution in [-0.4, -0.2) is 40.1 Å². The molecule has 2 aromatic carbocycles. The molecule has 2 aromatic rings. The lowest BCUT2D eigenvalue weighted by molar-refractivity contribution is -0.131. The first-order chi connectivity index (χ1) is 12.4. The molecule has 0 radical (unpaired) electrons. The first-order valence-electron chi connectivity index (χ1n) is 8.52. The zero-order valence-corrected chi connectivity index (χ0v) is 15.8. The molecular formula is C19H25N3O3S. The van der Waals surface area contributed by atoms with Gasteiger partial charge in [-0.2, -0.15) is 11.8 Å². The number of amides is 2. The summed E-state index contributed by atoms with van der Waals surface area (Å²) in [6.07, 6.45) is -0.865. The maximum absolute atomic E-state index is 12.2. The van der Waals surface area contributed by atoms with E-state index in [-0.39, 0.29) is 0 Å². The van der Waals surface area contributed by atoms with Crippen molar-refractivity contribution in [1.29, 1.82) is 0 Å². The van der Waals surface area contributed by atoms with Gasteiger partial charge < -0.3 is 10.8 Å². The fraction of sp³-hybridized carbons (Fsp3) is 0.368. The normalized spacial score (nSPS) is 13.4. The summed E-state index contributed by atoms with van der Waals surface area (Å²) in [6.45, 7) is 4.14. The summed E-state index contributed by atoms with van der Waals surface area (Å²) in [5, 5.41) is 12.4. The van der Waals surface area contributed by atoms with E-state index >= 15 is 0 Å². The number of fused-ring (bicyclic) bond motifs is 1. The number of rotatable bonds is 7. The van der Waals surface area contributed by atoms with Crippen LogP contribution in [0.4, 0.5) is 0 Å². The highest BCUT2D eigenvalue weighted by Gasteiger charge is 2.23. The minimum Gasteiger partial charge on any atom is -0.382 e. The van der Waals surface area contributed by atoms with E-state index in [0.717, 1.165) is 16.5 Å². The molecule has 5 N–H and O–H groups in total. The van der Waals surface area contributed by atoms with E-state index in [1.165, 1.54) is 0 Å². The van der Waals surface area contributed by atoms with E-state index < -0.39 is 24.0 Å². The Morgan fingerprint density at radius 2 is 1.81 bits per heavy atom. The standard InChI is InChI=1S/C19H25N3O3S/c1-12(2)26-10-9-16(20)17(23)19(25)22-21-18(24)15-8-7-13-5-3-4-6-14(13)11-15/h3-8,11-12,16-17,23H,9-10,20H2,1-2H3,(H,21,24)(H,22,25)/t16-,17+/m1/s1. The minimum absolute atomic E-state index is 0.413. The van der Waals surface area contributed by atoms with Crippen LogP contribution < -0.4 is 16.6 Å². The number of benzene rings is 2. The number of carbonyl (C=O) groups is 2. The van der Waals surface area contributed by atoms with Gasteiger partial charge in [0, 0.05) is 11.6 Å². The molecule has 0 saturated carbocycles. The molecule has 0 fully saturated rings. The Hall–Kier alpha value is -2.09. The molecule has 0 bridgehead atoms. The van der Waals surface area contributed by atoms with Gasteiger partial charge >= 0.3 is 0 Å². The van der Waals surface area contributed by atoms with E-state index in [2.05, 4.69) is 24.7 Å². The van der Waals surface area contributed by atoms with E-state index in [1.54, 1.807) is 23.9 Å². The summed E-state index contributed by atoms with van der Waals surface area (Å²) < 4.78 is 0. The van der Waals surface area contributed by atoms with Crippen LogP contribution in [0.15, 0.2) is 42.5 Å². The van der Waals surface area contributed by atoms with Crippen LogP contribution in [0.5, 0.6) is 0 Å². The highest BCUT2D eigenvalue weighted by atomic mass is 32.2. The van der Waals surface area contributed by atoms with Gasteiger partial charge in [0.05, 0.1) is 0 Å². The number of hydrogen-bond acceptors (Lipinski definition) is 5. The Kier molecular flexibility index (Phi) is 7.44. The van der Waals surface area contributed by atoms with Crippen molar-refractivity contribution in [3.63, 3.8) is 0 Å². The molecule has 7 heteroatoms. The van der Waals surface area contributed by atoms with Gasteiger partial charge in [-0.1, -0.05) is 44.2 Å². The summed E-state index contributed by atoms with van der Waals surface area (Å²) in [6, 6.07) is 12.2. The molecule has 2 atom stereocenters. The number of aliphatic hydroxyl groups excluding tert-OH is 1. The molecule has 26 heavy (non-hydrogen) atoms. The Morgan fingerprint density at radius 3 is 2.50 bits per heavy atom. The zero-order chi connectivity index (χ0) is 19.1. The largest absolute Gasteiger partial charge is 0.382 e. The van der Waals surface area contributed by atoms with Crippen LogP contribution in [0.1, 0.15) is 30.6 Å². The predicted octanol–water partition coefficient (Wildman–Crippen LogP) is 1.82. The van der Waals surface area contributed by atoms with Crippen LogP contribution in [-0.2, 0) is 4.79 Å². The Morgan fingerprint density at radius 1 is 1.12 bits per heavy atom. The maximum atomic E-state index is 12.2. The number of carbonyl (C=O) groups excluding carboxylic acids is 2. The van der Waals surface area contributed by atoms with Crippen molar-refractivity contribution >= 4 is 34.3 Å². The molecule has 0 unspecified atom stereocenters. The third-order valence-corrected chi connectivity index (χ3v) is 5.03. The van der Waals surface area contributed by atoms with E-state index in [4.69, 9.17) is 5.73 Å². The molecule has 0 aliphatic carbocycles. The van der Waals surface area contributed by atoms with Crippen LogP contribution in [0.2, 0.25) is 0 Å². The van der Waals surface area contributed by atoms with Crippen molar-refractivity contribution in [2.24, 2.45) is 5.73 Å². The van der Waals surface area contributed by atoms with Gasteiger partial charge in [0.2, 0.25) is 0 Å². The van der Waals surface area contributed by atoms with Crippen molar-refractivity contribution in [3.8, 4) is 0 Å². The molecule has 0 heterocycles. The maximum Gasteiger partial charge on any atom is 0.269 e. The number of hydrazine groups is 1. The fourth-order valence-electron chi connectivity index (χ4n) is 2.39. The third-order valence-electron chi connectivity index (χ3n) is 3.89. The molecule has 140 valence electrons. The van der Waals surface area contributed by atoms with Gasteiger partial charge in [0.1, 0.15) is 6.10 Å². The van der Waals surface area contributed by atoms with E-state index in [0.29, 0.717) is 17.2 Å². The molecular weight excluding hydrogens is 350 g/mol. The lowest BCUT2D eigenvalue weighted by atomic mass is 10.1. The molecule has 2 amide bonds. The SMILES string of the molecule is CC(C)SCC[C@@H](N)[C@H](O)C(=O)NNC(=O)c1ccc2ccccc2c1. The predicted molar refractivity (Wildman–Crippen MR) is 106 cm³/mol. The van der Waals surface area contributed by atoms with E-state index in [1.807, 2.05) is 30.3 Å². The third kappa shape index (κ3) is 5.72. The van der Waals surface area contributed by atoms with Gasteiger partial charge in [0.25, 0.3) is 11.8 Å². The number of thioether (sulfide) groups is 1. The number of nitrogens with two attached hydrogens (primary N) is 1. The Bertz CT molecular complexity index is 767. The van der Waals surface area contributed by atoms with Crippen molar-refractivity contribution in [2.45, 2.75) is 37.7 Å². The lowest BCUT2D eigenvalue weighted by Crippen LogP contribution is -2.52. The minimum atomic E-state index is -1.38. The second-order valence-corrected chi connectivity index (χ2v) is 8.01. The quantitative estimate of drug-likeness (QED) is 0.553. The van der Waals surface area contributed by atoms with Crippen molar-refractivity contribution in [1.82, 2.24) is 10.9 Å². The number of nitrogens with one attached hydrogen (secondary N) is 2. The zero-order valence-electron chi connectivity index (χ0n) is 14.9. The average Bonchev–Trinajstić information content (AvgIpc) is 2.64. The van der Waals surface area contributed by atoms with Crippen molar-refractivity contribution in [2.75, 3.05) is 5.75 Å². The highest BCUT2D eigenvalue weighted by molar-refractivity contribution is 7.99. The highest BCUT2D eigenvalue weighted by Crippen LogP contribution is 2.15. The van der Waals surface area contributed by atoms with Crippen molar-refractivity contribution in [3.05, 3.63) is 48.0 Å². The molecule has 0 aliphatic heterocycles. The first kappa shape index (κ1) is 20.2. The summed E-state index contributed by atoms with van der Waals surface area (Å²) in [4.78, 5) is 24.2. The van der Waals surface area contributed by atoms with Gasteiger partial charge in [-0.25, -0.2) is 0 Å². The average molecular weight is 375 g/mol. The summed E-state index contributed by atoms with van der Waals surface area (Å²) in [5.74, 6) is -0.423. The van der Waals surface area contributed by atoms with Gasteiger partial charge in [-0.15, -0.1) is 0 Å². The monoisotopic (exact) mass is 375 g/mol. The van der Waals surface area contributed by atoms with Crippen LogP contribution >= 0.6 is 11.8 Å². The Balaban J connectivity index is 1.85. The summed E-state index contributed by atoms with van der Waals surface area (Å²) in [5.41, 5.74) is 10.8. The molecule has 0 spiro atoms.